The third-order valence-corrected chi connectivity index (χ3v) is 5.16. The highest BCUT2D eigenvalue weighted by atomic mass is 79.9. The average molecular weight is 422 g/mol. The zero-order valence-corrected chi connectivity index (χ0v) is 15.6. The number of pyridine rings is 2. The fraction of sp³-hybridized carbons (Fsp3) is 0.278. The van der Waals surface area contributed by atoms with E-state index < -0.39 is 5.82 Å². The third kappa shape index (κ3) is 3.60. The number of halogens is 3. The molecule has 0 amide bonds. The van der Waals surface area contributed by atoms with Crippen molar-refractivity contribution in [1.82, 2.24) is 19.7 Å². The van der Waals surface area contributed by atoms with Gasteiger partial charge in [0.1, 0.15) is 0 Å². The Balaban J connectivity index is 1.71. The van der Waals surface area contributed by atoms with Gasteiger partial charge in [0.05, 0.1) is 29.2 Å². The van der Waals surface area contributed by atoms with E-state index >= 15 is 0 Å². The molecule has 128 valence electrons. The van der Waals surface area contributed by atoms with Gasteiger partial charge in [0.15, 0.2) is 5.82 Å². The number of nitrogens with zero attached hydrogens (tertiary/aromatic N) is 4. The summed E-state index contributed by atoms with van der Waals surface area (Å²) in [6, 6.07) is 4.00. The van der Waals surface area contributed by atoms with E-state index in [0.717, 1.165) is 22.8 Å². The van der Waals surface area contributed by atoms with Crippen molar-refractivity contribution in [2.24, 2.45) is 5.92 Å². The van der Waals surface area contributed by atoms with E-state index in [1.54, 1.807) is 12.4 Å². The summed E-state index contributed by atoms with van der Waals surface area (Å²) in [5.74, 6) is 0.247. The lowest BCUT2D eigenvalue weighted by atomic mass is 10.1. The Morgan fingerprint density at radius 3 is 2.76 bits per heavy atom. The molecule has 4 nitrogen and oxygen atoms in total. The van der Waals surface area contributed by atoms with Gasteiger partial charge in [-0.15, -0.1) is 0 Å². The minimum absolute atomic E-state index is 0.0259. The molecule has 0 aromatic carbocycles. The van der Waals surface area contributed by atoms with Crippen molar-refractivity contribution in [1.29, 1.82) is 0 Å². The van der Waals surface area contributed by atoms with E-state index in [-0.39, 0.29) is 11.1 Å². The monoisotopic (exact) mass is 420 g/mol. The van der Waals surface area contributed by atoms with Gasteiger partial charge in [0, 0.05) is 34.2 Å². The molecule has 7 heteroatoms. The third-order valence-electron chi connectivity index (χ3n) is 4.41. The smallest absolute Gasteiger partial charge is 0.150 e. The molecule has 1 atom stereocenters. The molecule has 3 heterocycles. The first kappa shape index (κ1) is 16.7. The van der Waals surface area contributed by atoms with E-state index in [0.29, 0.717) is 17.0 Å². The summed E-state index contributed by atoms with van der Waals surface area (Å²) in [5, 5.41) is 4.75. The van der Waals surface area contributed by atoms with Crippen molar-refractivity contribution in [3.8, 4) is 11.1 Å². The second-order valence-corrected chi connectivity index (χ2v) is 7.61. The van der Waals surface area contributed by atoms with Gasteiger partial charge in [-0.1, -0.05) is 24.4 Å². The van der Waals surface area contributed by atoms with Crippen LogP contribution in [0.2, 0.25) is 5.02 Å². The molecule has 0 N–H and O–H groups in total. The summed E-state index contributed by atoms with van der Waals surface area (Å²) in [4.78, 5) is 8.30. The van der Waals surface area contributed by atoms with Crippen molar-refractivity contribution < 1.29 is 4.39 Å². The Labute approximate surface area is 158 Å². The molecule has 0 aliphatic heterocycles. The highest BCUT2D eigenvalue weighted by Crippen LogP contribution is 2.39. The van der Waals surface area contributed by atoms with Crippen LogP contribution < -0.4 is 0 Å². The van der Waals surface area contributed by atoms with Crippen molar-refractivity contribution in [2.45, 2.75) is 25.3 Å². The number of aromatic nitrogens is 4. The zero-order valence-electron chi connectivity index (χ0n) is 13.2. The molecule has 3 aromatic heterocycles. The summed E-state index contributed by atoms with van der Waals surface area (Å²) < 4.78 is 16.9. The Kier molecular flexibility index (Phi) is 4.56. The molecule has 3 aromatic rings. The quantitative estimate of drug-likeness (QED) is 0.562. The summed E-state index contributed by atoms with van der Waals surface area (Å²) in [7, 11) is 0. The van der Waals surface area contributed by atoms with E-state index in [2.05, 4.69) is 31.0 Å². The maximum atomic E-state index is 14.1. The zero-order chi connectivity index (χ0) is 17.4. The van der Waals surface area contributed by atoms with Gasteiger partial charge in [-0.2, -0.15) is 5.10 Å². The lowest BCUT2D eigenvalue weighted by Crippen LogP contribution is -2.13. The molecular weight excluding hydrogens is 407 g/mol. The van der Waals surface area contributed by atoms with Crippen molar-refractivity contribution in [2.75, 3.05) is 0 Å². The van der Waals surface area contributed by atoms with Crippen molar-refractivity contribution >= 4 is 27.5 Å². The first-order valence-electron chi connectivity index (χ1n) is 8.07. The lowest BCUT2D eigenvalue weighted by Gasteiger charge is -2.17. The average Bonchev–Trinajstić information content (AvgIpc) is 3.29. The number of rotatable bonds is 5. The van der Waals surface area contributed by atoms with Gasteiger partial charge in [-0.3, -0.25) is 14.6 Å². The molecule has 0 bridgehead atoms. The fourth-order valence-corrected chi connectivity index (χ4v) is 3.43. The first-order valence-corrected chi connectivity index (χ1v) is 9.24. The molecule has 0 saturated heterocycles. The minimum atomic E-state index is -0.451. The molecule has 1 aliphatic rings. The van der Waals surface area contributed by atoms with Gasteiger partial charge in [-0.05, 0) is 40.4 Å². The highest BCUT2D eigenvalue weighted by molar-refractivity contribution is 9.10. The van der Waals surface area contributed by atoms with Gasteiger partial charge in [0.25, 0.3) is 0 Å². The van der Waals surface area contributed by atoms with Crippen LogP contribution in [0.15, 0.2) is 47.6 Å². The molecule has 1 unspecified atom stereocenters. The second kappa shape index (κ2) is 6.84. The Hall–Kier alpha value is -1.79. The highest BCUT2D eigenvalue weighted by Gasteiger charge is 2.28. The SMILES string of the molecule is Fc1cncc(Cl)c1-c1cnn(C(CC2CC2)c2ccc(Br)cn2)c1. The van der Waals surface area contributed by atoms with Crippen molar-refractivity contribution in [3.63, 3.8) is 0 Å². The number of hydrogen-bond acceptors (Lipinski definition) is 3. The Bertz CT molecular complexity index is 872. The molecule has 25 heavy (non-hydrogen) atoms. The standard InChI is InChI=1S/C18H15BrClFN4/c19-13-3-4-16(23-7-13)17(5-11-1-2-11)25-10-12(6-24-25)18-14(20)8-22-9-15(18)21/h3-4,6-11,17H,1-2,5H2. The molecule has 0 radical (unpaired) electrons. The van der Waals surface area contributed by atoms with E-state index in [1.807, 2.05) is 23.0 Å². The minimum Gasteiger partial charge on any atom is -0.263 e. The van der Waals surface area contributed by atoms with Crippen LogP contribution >= 0.6 is 27.5 Å². The number of hydrogen-bond donors (Lipinski definition) is 0. The second-order valence-electron chi connectivity index (χ2n) is 6.28. The topological polar surface area (TPSA) is 43.6 Å². The van der Waals surface area contributed by atoms with Crippen LogP contribution in [-0.4, -0.2) is 19.7 Å². The molecule has 0 spiro atoms. The fourth-order valence-electron chi connectivity index (χ4n) is 2.94. The van der Waals surface area contributed by atoms with E-state index in [9.17, 15) is 4.39 Å². The predicted octanol–water partition coefficient (Wildman–Crippen LogP) is 5.28. The summed E-state index contributed by atoms with van der Waals surface area (Å²) in [5.41, 5.74) is 1.92. The van der Waals surface area contributed by atoms with Crippen LogP contribution in [0, 0.1) is 11.7 Å². The van der Waals surface area contributed by atoms with Crippen LogP contribution in [0.3, 0.4) is 0 Å². The van der Waals surface area contributed by atoms with Gasteiger partial charge in [0.2, 0.25) is 0 Å². The van der Waals surface area contributed by atoms with Crippen molar-refractivity contribution in [3.05, 3.63) is 64.1 Å². The summed E-state index contributed by atoms with van der Waals surface area (Å²) in [6.07, 6.45) is 11.3. The van der Waals surface area contributed by atoms with Gasteiger partial charge < -0.3 is 0 Å². The predicted molar refractivity (Wildman–Crippen MR) is 97.8 cm³/mol. The Morgan fingerprint density at radius 2 is 2.08 bits per heavy atom. The molecule has 1 fully saturated rings. The maximum absolute atomic E-state index is 14.1. The largest absolute Gasteiger partial charge is 0.263 e. The Morgan fingerprint density at radius 1 is 1.24 bits per heavy atom. The molecular formula is C18H15BrClFN4. The normalized spacial score (nSPS) is 15.3. The van der Waals surface area contributed by atoms with Crippen LogP contribution in [0.1, 0.15) is 31.0 Å². The molecule has 1 saturated carbocycles. The van der Waals surface area contributed by atoms with Crippen LogP contribution in [0.4, 0.5) is 4.39 Å². The summed E-state index contributed by atoms with van der Waals surface area (Å²) in [6.45, 7) is 0. The maximum Gasteiger partial charge on any atom is 0.150 e. The summed E-state index contributed by atoms with van der Waals surface area (Å²) >= 11 is 9.54. The van der Waals surface area contributed by atoms with Crippen LogP contribution in [0.5, 0.6) is 0 Å². The van der Waals surface area contributed by atoms with Crippen LogP contribution in [0.25, 0.3) is 11.1 Å². The van der Waals surface area contributed by atoms with Gasteiger partial charge >= 0.3 is 0 Å². The lowest BCUT2D eigenvalue weighted by molar-refractivity contribution is 0.455. The van der Waals surface area contributed by atoms with E-state index in [1.165, 1.54) is 19.0 Å². The first-order chi connectivity index (χ1) is 12.1. The van der Waals surface area contributed by atoms with Crippen LogP contribution in [-0.2, 0) is 0 Å². The molecule has 1 aliphatic carbocycles. The molecule has 4 rings (SSSR count). The van der Waals surface area contributed by atoms with Gasteiger partial charge in [-0.25, -0.2) is 4.39 Å². The van der Waals surface area contributed by atoms with E-state index in [4.69, 9.17) is 11.6 Å².